The van der Waals surface area contributed by atoms with Crippen LogP contribution in [0.25, 0.3) is 10.2 Å². The van der Waals surface area contributed by atoms with Crippen LogP contribution in [0.2, 0.25) is 0 Å². The molecule has 0 aromatic carbocycles. The highest BCUT2D eigenvalue weighted by molar-refractivity contribution is 7.18. The number of fused-ring (bicyclic) bond motifs is 1. The minimum absolute atomic E-state index is 0.670. The third-order valence-corrected chi connectivity index (χ3v) is 4.42. The van der Waals surface area contributed by atoms with E-state index in [0.29, 0.717) is 12.2 Å². The van der Waals surface area contributed by atoms with Crippen LogP contribution in [-0.2, 0) is 6.42 Å². The number of hydrazine groups is 1. The smallest absolute Gasteiger partial charge is 0.152 e. The molecule has 0 aliphatic heterocycles. The Morgan fingerprint density at radius 2 is 1.95 bits per heavy atom. The summed E-state index contributed by atoms with van der Waals surface area (Å²) in [5, 5.41) is 1.02. The van der Waals surface area contributed by atoms with Crippen LogP contribution in [0, 0.1) is 13.8 Å². The summed E-state index contributed by atoms with van der Waals surface area (Å²) < 4.78 is 0. The molecule has 0 radical (unpaired) electrons. The van der Waals surface area contributed by atoms with Gasteiger partial charge in [-0.3, -0.25) is 4.98 Å². The number of nitrogen functional groups attached to an aromatic ring is 1. The van der Waals surface area contributed by atoms with Gasteiger partial charge in [-0.1, -0.05) is 0 Å². The molecular formula is C14H15N5S. The maximum atomic E-state index is 5.61. The lowest BCUT2D eigenvalue weighted by Crippen LogP contribution is -2.11. The molecule has 0 saturated heterocycles. The van der Waals surface area contributed by atoms with Crippen LogP contribution in [0.15, 0.2) is 24.5 Å². The highest BCUT2D eigenvalue weighted by atomic mass is 32.1. The number of nitrogens with zero attached hydrogens (tertiary/aromatic N) is 3. The first-order chi connectivity index (χ1) is 9.69. The summed E-state index contributed by atoms with van der Waals surface area (Å²) in [6.07, 6.45) is 4.22. The molecule has 0 saturated carbocycles. The van der Waals surface area contributed by atoms with Crippen LogP contribution in [0.1, 0.15) is 21.8 Å². The fourth-order valence-electron chi connectivity index (χ4n) is 2.16. The quantitative estimate of drug-likeness (QED) is 0.571. The summed E-state index contributed by atoms with van der Waals surface area (Å²) in [4.78, 5) is 15.4. The fourth-order valence-corrected chi connectivity index (χ4v) is 3.21. The van der Waals surface area contributed by atoms with E-state index in [1.807, 2.05) is 12.1 Å². The molecule has 0 atom stereocenters. The highest BCUT2D eigenvalue weighted by Crippen LogP contribution is 2.33. The van der Waals surface area contributed by atoms with Crippen molar-refractivity contribution < 1.29 is 0 Å². The zero-order valence-electron chi connectivity index (χ0n) is 11.3. The molecule has 0 amide bonds. The molecule has 102 valence electrons. The Labute approximate surface area is 120 Å². The number of nitrogens with one attached hydrogen (secondary N) is 1. The zero-order chi connectivity index (χ0) is 14.1. The molecule has 0 aliphatic carbocycles. The monoisotopic (exact) mass is 285 g/mol. The van der Waals surface area contributed by atoms with Gasteiger partial charge < -0.3 is 5.43 Å². The molecule has 3 aromatic heterocycles. The van der Waals surface area contributed by atoms with Gasteiger partial charge in [-0.25, -0.2) is 15.8 Å². The number of aromatic nitrogens is 3. The van der Waals surface area contributed by atoms with Gasteiger partial charge in [0, 0.05) is 23.7 Å². The second kappa shape index (κ2) is 5.15. The topological polar surface area (TPSA) is 76.7 Å². The molecule has 0 fully saturated rings. The summed E-state index contributed by atoms with van der Waals surface area (Å²) >= 11 is 1.67. The molecular weight excluding hydrogens is 270 g/mol. The van der Waals surface area contributed by atoms with Crippen LogP contribution in [0.5, 0.6) is 0 Å². The van der Waals surface area contributed by atoms with E-state index in [-0.39, 0.29) is 0 Å². The Morgan fingerprint density at radius 3 is 2.65 bits per heavy atom. The number of nitrogens with two attached hydrogens (primary N) is 1. The van der Waals surface area contributed by atoms with E-state index in [9.17, 15) is 0 Å². The van der Waals surface area contributed by atoms with Gasteiger partial charge in [-0.15, -0.1) is 11.3 Å². The van der Waals surface area contributed by atoms with Crippen molar-refractivity contribution in [2.75, 3.05) is 5.43 Å². The molecule has 3 heterocycles. The normalized spacial score (nSPS) is 10.9. The number of anilines is 1. The van der Waals surface area contributed by atoms with Crippen LogP contribution in [-0.4, -0.2) is 15.0 Å². The summed E-state index contributed by atoms with van der Waals surface area (Å²) in [6, 6.07) is 3.93. The van der Waals surface area contributed by atoms with Gasteiger partial charge in [-0.2, -0.15) is 0 Å². The van der Waals surface area contributed by atoms with E-state index < -0.39 is 0 Å². The Hall–Kier alpha value is -2.05. The van der Waals surface area contributed by atoms with E-state index in [2.05, 4.69) is 34.2 Å². The van der Waals surface area contributed by atoms with Gasteiger partial charge in [0.2, 0.25) is 0 Å². The predicted molar refractivity (Wildman–Crippen MR) is 81.7 cm³/mol. The van der Waals surface area contributed by atoms with Crippen LogP contribution >= 0.6 is 11.3 Å². The van der Waals surface area contributed by atoms with Crippen molar-refractivity contribution >= 4 is 27.4 Å². The third kappa shape index (κ3) is 2.23. The first-order valence-electron chi connectivity index (χ1n) is 6.31. The molecule has 0 unspecified atom stereocenters. The molecule has 3 aromatic rings. The molecule has 20 heavy (non-hydrogen) atoms. The second-order valence-corrected chi connectivity index (χ2v) is 5.83. The zero-order valence-corrected chi connectivity index (χ0v) is 12.2. The van der Waals surface area contributed by atoms with Gasteiger partial charge in [0.25, 0.3) is 0 Å². The van der Waals surface area contributed by atoms with Gasteiger partial charge in [-0.05, 0) is 37.1 Å². The average molecular weight is 285 g/mol. The number of thiophene rings is 1. The van der Waals surface area contributed by atoms with Crippen LogP contribution in [0.3, 0.4) is 0 Å². The number of pyridine rings is 1. The molecule has 3 rings (SSSR count). The van der Waals surface area contributed by atoms with Gasteiger partial charge in [0.05, 0.1) is 5.39 Å². The van der Waals surface area contributed by atoms with Crippen LogP contribution in [0.4, 0.5) is 5.82 Å². The van der Waals surface area contributed by atoms with E-state index in [4.69, 9.17) is 5.84 Å². The van der Waals surface area contributed by atoms with E-state index in [1.54, 1.807) is 23.7 Å². The number of rotatable bonds is 3. The maximum absolute atomic E-state index is 5.61. The van der Waals surface area contributed by atoms with Gasteiger partial charge in [0.1, 0.15) is 10.7 Å². The van der Waals surface area contributed by atoms with E-state index >= 15 is 0 Å². The van der Waals surface area contributed by atoms with Gasteiger partial charge in [0.15, 0.2) is 5.82 Å². The summed E-state index contributed by atoms with van der Waals surface area (Å²) in [5.41, 5.74) is 5.01. The Balaban J connectivity index is 2.09. The fraction of sp³-hybridized carbons (Fsp3) is 0.214. The first-order valence-corrected chi connectivity index (χ1v) is 7.13. The van der Waals surface area contributed by atoms with Crippen molar-refractivity contribution in [3.05, 3.63) is 46.4 Å². The standard InChI is InChI=1S/C14H15N5S/c1-8-9(2)20-14-12(8)13(19-15)17-11(18-14)7-10-3-5-16-6-4-10/h3-6H,7,15H2,1-2H3,(H,17,18,19). The van der Waals surface area contributed by atoms with Crippen molar-refractivity contribution in [1.29, 1.82) is 0 Å². The Morgan fingerprint density at radius 1 is 1.20 bits per heavy atom. The predicted octanol–water partition coefficient (Wildman–Crippen LogP) is 2.58. The summed E-state index contributed by atoms with van der Waals surface area (Å²) in [7, 11) is 0. The molecule has 3 N–H and O–H groups in total. The second-order valence-electron chi connectivity index (χ2n) is 4.63. The molecule has 6 heteroatoms. The lowest BCUT2D eigenvalue weighted by Gasteiger charge is -2.06. The third-order valence-electron chi connectivity index (χ3n) is 3.32. The summed E-state index contributed by atoms with van der Waals surface area (Å²) in [5.74, 6) is 7.07. The van der Waals surface area contributed by atoms with Crippen molar-refractivity contribution in [3.63, 3.8) is 0 Å². The number of aryl methyl sites for hydroxylation is 2. The minimum atomic E-state index is 0.670. The van der Waals surface area contributed by atoms with Gasteiger partial charge >= 0.3 is 0 Å². The van der Waals surface area contributed by atoms with Crippen molar-refractivity contribution in [2.24, 2.45) is 5.84 Å². The minimum Gasteiger partial charge on any atom is -0.308 e. The lowest BCUT2D eigenvalue weighted by molar-refractivity contribution is 0.988. The number of hydrogen-bond acceptors (Lipinski definition) is 6. The average Bonchev–Trinajstić information content (AvgIpc) is 2.74. The first kappa shape index (κ1) is 13.0. The van der Waals surface area contributed by atoms with Crippen molar-refractivity contribution in [3.8, 4) is 0 Å². The Kier molecular flexibility index (Phi) is 3.33. The molecule has 5 nitrogen and oxygen atoms in total. The van der Waals surface area contributed by atoms with E-state index in [0.717, 1.165) is 21.6 Å². The molecule has 0 bridgehead atoms. The Bertz CT molecular complexity index is 751. The van der Waals surface area contributed by atoms with Crippen LogP contribution < -0.4 is 11.3 Å². The van der Waals surface area contributed by atoms with Crippen molar-refractivity contribution in [2.45, 2.75) is 20.3 Å². The van der Waals surface area contributed by atoms with E-state index in [1.165, 1.54) is 10.4 Å². The van der Waals surface area contributed by atoms with Crippen molar-refractivity contribution in [1.82, 2.24) is 15.0 Å². The highest BCUT2D eigenvalue weighted by Gasteiger charge is 2.14. The lowest BCUT2D eigenvalue weighted by atomic mass is 10.2. The maximum Gasteiger partial charge on any atom is 0.152 e. The molecule has 0 spiro atoms. The summed E-state index contributed by atoms with van der Waals surface area (Å²) in [6.45, 7) is 4.16. The SMILES string of the molecule is Cc1sc2nc(Cc3ccncc3)nc(NN)c2c1C. The molecule has 0 aliphatic rings. The number of hydrogen-bond donors (Lipinski definition) is 2. The largest absolute Gasteiger partial charge is 0.308 e.